The number of nitrogens with zero attached hydrogens (tertiary/aromatic N) is 1. The van der Waals surface area contributed by atoms with Gasteiger partial charge >= 0.3 is 0 Å². The van der Waals surface area contributed by atoms with Crippen LogP contribution in [-0.4, -0.2) is 72.5 Å². The number of carbonyl (C=O) groups excluding carboxylic acids is 2. The number of amides is 2. The van der Waals surface area contributed by atoms with Gasteiger partial charge in [0, 0.05) is 19.5 Å². The lowest BCUT2D eigenvalue weighted by Gasteiger charge is -2.44. The minimum absolute atomic E-state index is 0.0142. The van der Waals surface area contributed by atoms with Crippen LogP contribution < -0.4 is 5.32 Å². The highest BCUT2D eigenvalue weighted by Gasteiger charge is 2.39. The molecule has 2 amide bonds. The molecule has 0 radical (unpaired) electrons. The summed E-state index contributed by atoms with van der Waals surface area (Å²) in [6.07, 6.45) is 1.17. The molecule has 7 heteroatoms. The predicted molar refractivity (Wildman–Crippen MR) is 83.8 cm³/mol. The largest absolute Gasteiger partial charge is 0.389 e. The van der Waals surface area contributed by atoms with Crippen molar-refractivity contribution in [1.29, 1.82) is 0 Å². The van der Waals surface area contributed by atoms with E-state index in [1.165, 1.54) is 0 Å². The molecule has 0 bridgehead atoms. The van der Waals surface area contributed by atoms with E-state index < -0.39 is 6.10 Å². The summed E-state index contributed by atoms with van der Waals surface area (Å²) in [6.45, 7) is 5.12. The van der Waals surface area contributed by atoms with Crippen molar-refractivity contribution in [2.75, 3.05) is 26.3 Å². The first-order valence-corrected chi connectivity index (χ1v) is 8.52. The Hall–Kier alpha value is -1.18. The van der Waals surface area contributed by atoms with Gasteiger partial charge in [-0.2, -0.15) is 0 Å². The van der Waals surface area contributed by atoms with Gasteiger partial charge in [0.15, 0.2) is 0 Å². The van der Waals surface area contributed by atoms with Gasteiger partial charge in [-0.15, -0.1) is 0 Å². The van der Waals surface area contributed by atoms with E-state index in [2.05, 4.69) is 5.32 Å². The molecule has 23 heavy (non-hydrogen) atoms. The second-order valence-electron chi connectivity index (χ2n) is 6.19. The van der Waals surface area contributed by atoms with Gasteiger partial charge in [-0.05, 0) is 19.8 Å². The fourth-order valence-electron chi connectivity index (χ4n) is 3.31. The Morgan fingerprint density at radius 1 is 1.26 bits per heavy atom. The van der Waals surface area contributed by atoms with Crippen molar-refractivity contribution in [3.8, 4) is 0 Å². The van der Waals surface area contributed by atoms with Crippen molar-refractivity contribution >= 4 is 11.8 Å². The lowest BCUT2D eigenvalue weighted by atomic mass is 9.94. The number of carbonyl (C=O) groups is 2. The van der Waals surface area contributed by atoms with Crippen LogP contribution in [-0.2, 0) is 19.1 Å². The standard InChI is InChI=1S/C16H28N2O5/c1-3-16(21)18-8-11(19)9-22-10-14-13(18)6-5-12(23-14)7-15(20)17-4-2/h11-14,19H,3-10H2,1-2H3,(H,17,20)/t11-,12+,13-,14+/m0/s1. The highest BCUT2D eigenvalue weighted by atomic mass is 16.5. The molecule has 2 heterocycles. The first kappa shape index (κ1) is 18.2. The second kappa shape index (κ2) is 8.61. The third-order valence-corrected chi connectivity index (χ3v) is 4.39. The molecular weight excluding hydrogens is 300 g/mol. The second-order valence-corrected chi connectivity index (χ2v) is 6.19. The Morgan fingerprint density at radius 2 is 2.04 bits per heavy atom. The maximum Gasteiger partial charge on any atom is 0.222 e. The number of fused-ring (bicyclic) bond motifs is 1. The zero-order chi connectivity index (χ0) is 16.8. The Balaban J connectivity index is 2.02. The molecule has 0 aromatic rings. The van der Waals surface area contributed by atoms with Crippen LogP contribution in [0.4, 0.5) is 0 Å². The van der Waals surface area contributed by atoms with Crippen LogP contribution in [0.25, 0.3) is 0 Å². The third-order valence-electron chi connectivity index (χ3n) is 4.39. The van der Waals surface area contributed by atoms with Crippen LogP contribution >= 0.6 is 0 Å². The highest BCUT2D eigenvalue weighted by Crippen LogP contribution is 2.28. The van der Waals surface area contributed by atoms with E-state index in [9.17, 15) is 14.7 Å². The average Bonchev–Trinajstić information content (AvgIpc) is 2.51. The molecule has 2 N–H and O–H groups in total. The predicted octanol–water partition coefficient (Wildman–Crippen LogP) is 0.0585. The Kier molecular flexibility index (Phi) is 6.80. The summed E-state index contributed by atoms with van der Waals surface area (Å²) in [5, 5.41) is 12.7. The van der Waals surface area contributed by atoms with Crippen LogP contribution in [0.3, 0.4) is 0 Å². The molecule has 2 aliphatic heterocycles. The molecule has 2 aliphatic rings. The van der Waals surface area contributed by atoms with Gasteiger partial charge < -0.3 is 24.8 Å². The average molecular weight is 328 g/mol. The maximum absolute atomic E-state index is 12.2. The van der Waals surface area contributed by atoms with Gasteiger partial charge in [0.05, 0.1) is 37.9 Å². The van der Waals surface area contributed by atoms with Gasteiger partial charge in [-0.3, -0.25) is 9.59 Å². The van der Waals surface area contributed by atoms with Crippen LogP contribution in [0.5, 0.6) is 0 Å². The van der Waals surface area contributed by atoms with E-state index in [4.69, 9.17) is 9.47 Å². The van der Waals surface area contributed by atoms with Gasteiger partial charge in [-0.25, -0.2) is 0 Å². The number of rotatable bonds is 4. The molecule has 0 aromatic carbocycles. The summed E-state index contributed by atoms with van der Waals surface area (Å²) in [5.74, 6) is 0.00588. The topological polar surface area (TPSA) is 88.1 Å². The molecule has 7 nitrogen and oxygen atoms in total. The summed E-state index contributed by atoms with van der Waals surface area (Å²) >= 11 is 0. The maximum atomic E-state index is 12.2. The first-order valence-electron chi connectivity index (χ1n) is 8.52. The van der Waals surface area contributed by atoms with Crippen molar-refractivity contribution in [3.63, 3.8) is 0 Å². The van der Waals surface area contributed by atoms with Gasteiger partial charge in [0.2, 0.25) is 11.8 Å². The van der Waals surface area contributed by atoms with Crippen molar-refractivity contribution in [3.05, 3.63) is 0 Å². The van der Waals surface area contributed by atoms with Crippen LogP contribution in [0.2, 0.25) is 0 Å². The zero-order valence-electron chi connectivity index (χ0n) is 14.0. The van der Waals surface area contributed by atoms with Gasteiger partial charge in [0.25, 0.3) is 0 Å². The SMILES string of the molecule is CCNC(=O)C[C@H]1CC[C@H]2[C@@H](COC[C@@H](O)CN2C(=O)CC)O1. The van der Waals surface area contributed by atoms with Gasteiger partial charge in [-0.1, -0.05) is 6.92 Å². The van der Waals surface area contributed by atoms with E-state index in [1.807, 2.05) is 13.8 Å². The summed E-state index contributed by atoms with van der Waals surface area (Å²) < 4.78 is 11.5. The van der Waals surface area contributed by atoms with Crippen molar-refractivity contribution in [2.45, 2.75) is 63.9 Å². The molecule has 2 rings (SSSR count). The fourth-order valence-corrected chi connectivity index (χ4v) is 3.31. The minimum atomic E-state index is -0.667. The van der Waals surface area contributed by atoms with E-state index >= 15 is 0 Å². The van der Waals surface area contributed by atoms with E-state index in [-0.39, 0.29) is 43.2 Å². The summed E-state index contributed by atoms with van der Waals surface area (Å²) in [7, 11) is 0. The highest BCUT2D eigenvalue weighted by molar-refractivity contribution is 5.77. The first-order chi connectivity index (χ1) is 11.0. The molecule has 0 saturated carbocycles. The monoisotopic (exact) mass is 328 g/mol. The Bertz CT molecular complexity index is 417. The molecule has 2 saturated heterocycles. The molecular formula is C16H28N2O5. The van der Waals surface area contributed by atoms with E-state index in [0.29, 0.717) is 26.0 Å². The minimum Gasteiger partial charge on any atom is -0.389 e. The van der Waals surface area contributed by atoms with E-state index in [0.717, 1.165) is 12.8 Å². The number of hydrogen-bond donors (Lipinski definition) is 2. The Labute approximate surface area is 137 Å². The number of aliphatic hydroxyl groups is 1. The van der Waals surface area contributed by atoms with Crippen LogP contribution in [0.15, 0.2) is 0 Å². The summed E-state index contributed by atoms with van der Waals surface area (Å²) in [5.41, 5.74) is 0. The number of β-amino-alcohol motifs (C(OH)–C–C–N with tert-alkyl or cyclic N) is 1. The number of hydrogen-bond acceptors (Lipinski definition) is 5. The zero-order valence-corrected chi connectivity index (χ0v) is 14.0. The summed E-state index contributed by atoms with van der Waals surface area (Å²) in [4.78, 5) is 25.7. The van der Waals surface area contributed by atoms with Crippen molar-refractivity contribution in [2.24, 2.45) is 0 Å². The molecule has 0 unspecified atom stereocenters. The third kappa shape index (κ3) is 4.89. The normalized spacial score (nSPS) is 31.7. The van der Waals surface area contributed by atoms with Crippen LogP contribution in [0, 0.1) is 0 Å². The molecule has 0 spiro atoms. The number of ether oxygens (including phenoxy) is 2. The van der Waals surface area contributed by atoms with Crippen LogP contribution in [0.1, 0.15) is 39.5 Å². The number of nitrogens with one attached hydrogen (secondary N) is 1. The molecule has 4 atom stereocenters. The molecule has 2 fully saturated rings. The fraction of sp³-hybridized carbons (Fsp3) is 0.875. The van der Waals surface area contributed by atoms with Crippen molar-refractivity contribution in [1.82, 2.24) is 10.2 Å². The van der Waals surface area contributed by atoms with E-state index in [1.54, 1.807) is 4.90 Å². The smallest absolute Gasteiger partial charge is 0.222 e. The molecule has 0 aromatic heterocycles. The van der Waals surface area contributed by atoms with Crippen molar-refractivity contribution < 1.29 is 24.2 Å². The van der Waals surface area contributed by atoms with Gasteiger partial charge in [0.1, 0.15) is 6.10 Å². The molecule has 0 aliphatic carbocycles. The lowest BCUT2D eigenvalue weighted by Crippen LogP contribution is -2.57. The Morgan fingerprint density at radius 3 is 2.74 bits per heavy atom. The quantitative estimate of drug-likeness (QED) is 0.762. The summed E-state index contributed by atoms with van der Waals surface area (Å²) in [6, 6.07) is -0.0945. The number of aliphatic hydroxyl groups excluding tert-OH is 1. The molecule has 132 valence electrons. The lowest BCUT2D eigenvalue weighted by molar-refractivity contribution is -0.169.